The molecule has 156 valence electrons. The number of amides is 1. The van der Waals surface area contributed by atoms with Gasteiger partial charge in [-0.2, -0.15) is 0 Å². The first kappa shape index (κ1) is 20.2. The van der Waals surface area contributed by atoms with Crippen LogP contribution in [-0.4, -0.2) is 45.9 Å². The minimum atomic E-state index is -0.575. The number of carbonyl (C=O) groups excluding carboxylic acids is 1. The summed E-state index contributed by atoms with van der Waals surface area (Å²) >= 11 is 1.54. The fraction of sp³-hybridized carbons (Fsp3) is 0.333. The Morgan fingerprint density at radius 3 is 2.77 bits per heavy atom. The summed E-state index contributed by atoms with van der Waals surface area (Å²) in [4.78, 5) is 20.4. The van der Waals surface area contributed by atoms with Gasteiger partial charge in [0.1, 0.15) is 0 Å². The lowest BCUT2D eigenvalue weighted by molar-refractivity contribution is -0.122. The normalized spacial score (nSPS) is 15.4. The molecule has 0 saturated carbocycles. The number of aromatic hydroxyl groups is 1. The van der Waals surface area contributed by atoms with E-state index in [4.69, 9.17) is 4.84 Å². The minimum absolute atomic E-state index is 0.00660. The molecule has 1 amide bonds. The van der Waals surface area contributed by atoms with Crippen LogP contribution in [0.3, 0.4) is 0 Å². The standard InChI is InChI=1S/C21H23N5O3S/c1-15(18-9-6-12-30-18)24-29-13-19(27)22-23-20-16-7-2-3-8-17(16)26(21(20)28)14-25-10-4-5-11-25/h2-3,6-9,12,28H,4-5,10-11,13-14H2,1H3/b23-22?,24-15-. The number of aromatic nitrogens is 1. The van der Waals surface area contributed by atoms with Crippen LogP contribution in [0, 0.1) is 0 Å². The SMILES string of the molecule is C/C(=N/OCC(=O)N=Nc1c(O)n(CN2CCCC2)c2ccccc12)c1cccs1. The van der Waals surface area contributed by atoms with Gasteiger partial charge in [0.2, 0.25) is 5.88 Å². The summed E-state index contributed by atoms with van der Waals surface area (Å²) in [6, 6.07) is 11.4. The van der Waals surface area contributed by atoms with Crippen molar-refractivity contribution in [2.75, 3.05) is 19.7 Å². The maximum absolute atomic E-state index is 12.1. The predicted molar refractivity (Wildman–Crippen MR) is 116 cm³/mol. The molecule has 8 nitrogen and oxygen atoms in total. The quantitative estimate of drug-likeness (QED) is 0.342. The predicted octanol–water partition coefficient (Wildman–Crippen LogP) is 4.51. The molecule has 3 heterocycles. The van der Waals surface area contributed by atoms with E-state index in [0.717, 1.165) is 41.7 Å². The number of oxime groups is 1. The van der Waals surface area contributed by atoms with Gasteiger partial charge >= 0.3 is 5.91 Å². The Morgan fingerprint density at radius 2 is 2.00 bits per heavy atom. The number of thiophene rings is 1. The summed E-state index contributed by atoms with van der Waals surface area (Å²) in [5.74, 6) is -0.569. The molecule has 2 aromatic heterocycles. The first-order valence-electron chi connectivity index (χ1n) is 9.81. The third kappa shape index (κ3) is 4.42. The number of carbonyl (C=O) groups is 1. The van der Waals surface area contributed by atoms with Crippen molar-refractivity contribution >= 4 is 39.5 Å². The first-order chi connectivity index (χ1) is 14.6. The smallest absolute Gasteiger partial charge is 0.304 e. The van der Waals surface area contributed by atoms with Gasteiger partial charge in [-0.05, 0) is 50.4 Å². The molecule has 30 heavy (non-hydrogen) atoms. The molecule has 1 aliphatic heterocycles. The molecule has 1 aromatic carbocycles. The minimum Gasteiger partial charge on any atom is -0.493 e. The Kier molecular flexibility index (Phi) is 6.20. The molecule has 9 heteroatoms. The monoisotopic (exact) mass is 425 g/mol. The van der Waals surface area contributed by atoms with E-state index in [9.17, 15) is 9.90 Å². The third-order valence-corrected chi connectivity index (χ3v) is 5.96. The number of nitrogens with zero attached hydrogens (tertiary/aromatic N) is 5. The lowest BCUT2D eigenvalue weighted by atomic mass is 10.2. The van der Waals surface area contributed by atoms with E-state index in [1.807, 2.05) is 53.3 Å². The van der Waals surface area contributed by atoms with Crippen molar-refractivity contribution in [2.45, 2.75) is 26.4 Å². The van der Waals surface area contributed by atoms with Gasteiger partial charge < -0.3 is 9.94 Å². The molecule has 0 unspecified atom stereocenters. The van der Waals surface area contributed by atoms with Gasteiger partial charge in [0, 0.05) is 5.39 Å². The topological polar surface area (TPSA) is 91.8 Å². The molecule has 0 aliphatic carbocycles. The number of benzene rings is 1. The zero-order valence-electron chi connectivity index (χ0n) is 16.7. The van der Waals surface area contributed by atoms with Crippen LogP contribution in [0.4, 0.5) is 5.69 Å². The van der Waals surface area contributed by atoms with Gasteiger partial charge in [0.05, 0.1) is 22.8 Å². The number of likely N-dealkylation sites (tertiary alicyclic amines) is 1. The molecule has 0 bridgehead atoms. The summed E-state index contributed by atoms with van der Waals surface area (Å²) in [6.45, 7) is 4.08. The lowest BCUT2D eigenvalue weighted by Gasteiger charge is -2.17. The highest BCUT2D eigenvalue weighted by atomic mass is 32.1. The van der Waals surface area contributed by atoms with Gasteiger partial charge in [-0.25, -0.2) is 0 Å². The maximum Gasteiger partial charge on any atom is 0.304 e. The summed E-state index contributed by atoms with van der Waals surface area (Å²) in [6.07, 6.45) is 2.32. The lowest BCUT2D eigenvalue weighted by Crippen LogP contribution is -2.22. The Labute approximate surface area is 178 Å². The Bertz CT molecular complexity index is 1080. The van der Waals surface area contributed by atoms with Crippen LogP contribution in [0.1, 0.15) is 24.6 Å². The molecule has 0 radical (unpaired) electrons. The van der Waals surface area contributed by atoms with Crippen LogP contribution >= 0.6 is 11.3 Å². The van der Waals surface area contributed by atoms with Crippen LogP contribution in [0.15, 0.2) is 57.2 Å². The summed E-state index contributed by atoms with van der Waals surface area (Å²) in [5, 5.41) is 25.1. The van der Waals surface area contributed by atoms with Gasteiger partial charge in [-0.3, -0.25) is 14.3 Å². The summed E-state index contributed by atoms with van der Waals surface area (Å²) in [7, 11) is 0. The Hall–Kier alpha value is -3.04. The van der Waals surface area contributed by atoms with Crippen molar-refractivity contribution in [3.8, 4) is 5.88 Å². The van der Waals surface area contributed by atoms with Gasteiger partial charge in [-0.15, -0.1) is 21.6 Å². The van der Waals surface area contributed by atoms with Crippen LogP contribution in [0.25, 0.3) is 10.9 Å². The molecule has 0 spiro atoms. The second-order valence-electron chi connectivity index (χ2n) is 7.11. The third-order valence-electron chi connectivity index (χ3n) is 4.99. The molecular formula is C21H23N5O3S. The van der Waals surface area contributed by atoms with Crippen LogP contribution in [0.2, 0.25) is 0 Å². The first-order valence-corrected chi connectivity index (χ1v) is 10.7. The fourth-order valence-corrected chi connectivity index (χ4v) is 4.15. The summed E-state index contributed by atoms with van der Waals surface area (Å²) in [5.41, 5.74) is 1.84. The van der Waals surface area contributed by atoms with Gasteiger partial charge in [0.25, 0.3) is 0 Å². The van der Waals surface area contributed by atoms with Gasteiger partial charge in [0.15, 0.2) is 12.3 Å². The average Bonchev–Trinajstić information content (AvgIpc) is 3.50. The van der Waals surface area contributed by atoms with Crippen LogP contribution in [-0.2, 0) is 16.3 Å². The highest BCUT2D eigenvalue weighted by Gasteiger charge is 2.20. The van der Waals surface area contributed by atoms with E-state index >= 15 is 0 Å². The van der Waals surface area contributed by atoms with E-state index < -0.39 is 5.91 Å². The van der Waals surface area contributed by atoms with Crippen molar-refractivity contribution in [2.24, 2.45) is 15.4 Å². The second kappa shape index (κ2) is 9.19. The number of azo groups is 1. The zero-order valence-corrected chi connectivity index (χ0v) is 17.5. The van der Waals surface area contributed by atoms with Crippen LogP contribution in [0.5, 0.6) is 5.88 Å². The van der Waals surface area contributed by atoms with E-state index in [2.05, 4.69) is 20.3 Å². The molecule has 1 fully saturated rings. The Morgan fingerprint density at radius 1 is 1.20 bits per heavy atom. The van der Waals surface area contributed by atoms with Crippen molar-refractivity contribution in [1.82, 2.24) is 9.47 Å². The van der Waals surface area contributed by atoms with Crippen molar-refractivity contribution < 1.29 is 14.7 Å². The highest BCUT2D eigenvalue weighted by molar-refractivity contribution is 7.12. The molecule has 1 saturated heterocycles. The summed E-state index contributed by atoms with van der Waals surface area (Å²) < 4.78 is 1.81. The van der Waals surface area contributed by atoms with E-state index in [1.54, 1.807) is 11.3 Å². The second-order valence-corrected chi connectivity index (χ2v) is 8.05. The van der Waals surface area contributed by atoms with Crippen molar-refractivity contribution in [3.05, 3.63) is 46.7 Å². The fourth-order valence-electron chi connectivity index (χ4n) is 3.49. The van der Waals surface area contributed by atoms with Gasteiger partial charge in [-0.1, -0.05) is 29.4 Å². The average molecular weight is 426 g/mol. The van der Waals surface area contributed by atoms with Crippen LogP contribution < -0.4 is 0 Å². The molecule has 1 aliphatic rings. The molecule has 1 N–H and O–H groups in total. The van der Waals surface area contributed by atoms with Crippen molar-refractivity contribution in [3.63, 3.8) is 0 Å². The van der Waals surface area contributed by atoms with E-state index in [-0.39, 0.29) is 18.2 Å². The van der Waals surface area contributed by atoms with Crippen molar-refractivity contribution in [1.29, 1.82) is 0 Å². The number of hydrogen-bond acceptors (Lipinski definition) is 7. The molecule has 4 rings (SSSR count). The number of hydrogen-bond donors (Lipinski definition) is 1. The maximum atomic E-state index is 12.1. The van der Waals surface area contributed by atoms with E-state index in [0.29, 0.717) is 12.4 Å². The number of fused-ring (bicyclic) bond motifs is 1. The number of para-hydroxylation sites is 1. The largest absolute Gasteiger partial charge is 0.493 e. The molecular weight excluding hydrogens is 402 g/mol. The highest BCUT2D eigenvalue weighted by Crippen LogP contribution is 2.39. The zero-order chi connectivity index (χ0) is 20.9. The number of rotatable bonds is 7. The van der Waals surface area contributed by atoms with E-state index in [1.165, 1.54) is 0 Å². The molecule has 0 atom stereocenters. The molecule has 3 aromatic rings. The Balaban J connectivity index is 1.47.